The van der Waals surface area contributed by atoms with Crippen molar-refractivity contribution in [3.05, 3.63) is 64.0 Å². The van der Waals surface area contributed by atoms with Crippen LogP contribution in [0, 0.1) is 21.8 Å². The van der Waals surface area contributed by atoms with Gasteiger partial charge in [-0.3, -0.25) is 15.0 Å². The first-order valence-electron chi connectivity index (χ1n) is 11.4. The molecule has 0 radical (unpaired) electrons. The van der Waals surface area contributed by atoms with Gasteiger partial charge in [0.2, 0.25) is 0 Å². The Morgan fingerprint density at radius 3 is 2.64 bits per heavy atom. The van der Waals surface area contributed by atoms with Gasteiger partial charge in [-0.25, -0.2) is 9.18 Å². The topological polar surface area (TPSA) is 88.0 Å². The van der Waals surface area contributed by atoms with Crippen molar-refractivity contribution in [2.24, 2.45) is 5.92 Å². The molecule has 33 heavy (non-hydrogen) atoms. The second-order valence-corrected chi connectivity index (χ2v) is 8.58. The number of hydrogen-bond donors (Lipinski definition) is 1. The van der Waals surface area contributed by atoms with E-state index in [-0.39, 0.29) is 17.5 Å². The molecule has 2 aliphatic rings. The van der Waals surface area contributed by atoms with Crippen molar-refractivity contribution in [1.29, 1.82) is 0 Å². The van der Waals surface area contributed by atoms with Gasteiger partial charge in [0.15, 0.2) is 0 Å². The Kier molecular flexibility index (Phi) is 7.39. The van der Waals surface area contributed by atoms with Crippen LogP contribution in [0.25, 0.3) is 0 Å². The van der Waals surface area contributed by atoms with Crippen LogP contribution in [0.4, 0.5) is 20.6 Å². The Bertz CT molecular complexity index is 977. The van der Waals surface area contributed by atoms with E-state index in [4.69, 9.17) is 4.74 Å². The number of carbonyl (C=O) groups excluding carboxylic acids is 1. The van der Waals surface area contributed by atoms with Gasteiger partial charge in [0, 0.05) is 37.5 Å². The highest BCUT2D eigenvalue weighted by Gasteiger charge is 2.26. The van der Waals surface area contributed by atoms with E-state index in [1.54, 1.807) is 29.2 Å². The number of urea groups is 1. The number of hydrogen-bond acceptors (Lipinski definition) is 5. The maximum atomic E-state index is 12.9. The molecule has 0 atom stereocenters. The molecule has 0 spiro atoms. The highest BCUT2D eigenvalue weighted by Crippen LogP contribution is 2.31. The van der Waals surface area contributed by atoms with Crippen molar-refractivity contribution in [2.45, 2.75) is 25.7 Å². The third-order valence-electron chi connectivity index (χ3n) is 6.43. The summed E-state index contributed by atoms with van der Waals surface area (Å²) in [6.07, 6.45) is 3.80. The summed E-state index contributed by atoms with van der Waals surface area (Å²) in [7, 11) is 0. The largest absolute Gasteiger partial charge is 0.494 e. The van der Waals surface area contributed by atoms with E-state index in [0.717, 1.165) is 50.1 Å². The van der Waals surface area contributed by atoms with E-state index in [2.05, 4.69) is 10.2 Å². The Labute approximate surface area is 192 Å². The lowest BCUT2D eigenvalue weighted by Crippen LogP contribution is -2.44. The van der Waals surface area contributed by atoms with Crippen LogP contribution in [0.15, 0.2) is 42.5 Å². The molecular formula is C24H29FN4O4. The minimum Gasteiger partial charge on any atom is -0.494 e. The second kappa shape index (κ2) is 10.6. The molecule has 1 saturated heterocycles. The maximum absolute atomic E-state index is 12.9. The predicted molar refractivity (Wildman–Crippen MR) is 123 cm³/mol. The zero-order valence-corrected chi connectivity index (χ0v) is 18.5. The van der Waals surface area contributed by atoms with E-state index in [1.807, 2.05) is 0 Å². The van der Waals surface area contributed by atoms with Crippen molar-refractivity contribution in [3.8, 4) is 5.75 Å². The molecule has 0 bridgehead atoms. The number of rotatable bonds is 8. The van der Waals surface area contributed by atoms with Crippen LogP contribution in [-0.2, 0) is 6.42 Å². The standard InChI is InChI=1S/C24H29FN4O4/c25-20-1-4-22(5-2-20)33-16-10-18-7-12-27(13-8-18)15-11-26-24(30)28-14-9-19-17-21(29(31)32)3-6-23(19)28/h1-6,17-18H,7-16H2,(H,26,30). The van der Waals surface area contributed by atoms with Crippen molar-refractivity contribution in [3.63, 3.8) is 0 Å². The number of carbonyl (C=O) groups is 1. The van der Waals surface area contributed by atoms with Gasteiger partial charge in [-0.15, -0.1) is 0 Å². The van der Waals surface area contributed by atoms with E-state index >= 15 is 0 Å². The molecular weight excluding hydrogens is 427 g/mol. The van der Waals surface area contributed by atoms with Gasteiger partial charge in [0.05, 0.1) is 11.5 Å². The van der Waals surface area contributed by atoms with E-state index in [1.165, 1.54) is 18.2 Å². The summed E-state index contributed by atoms with van der Waals surface area (Å²) >= 11 is 0. The zero-order chi connectivity index (χ0) is 23.2. The number of amides is 2. The summed E-state index contributed by atoms with van der Waals surface area (Å²) in [6.45, 7) is 4.52. The summed E-state index contributed by atoms with van der Waals surface area (Å²) in [5.41, 5.74) is 1.65. The van der Waals surface area contributed by atoms with Gasteiger partial charge in [-0.2, -0.15) is 0 Å². The molecule has 1 fully saturated rings. The van der Waals surface area contributed by atoms with Crippen LogP contribution in [0.3, 0.4) is 0 Å². The number of anilines is 1. The molecule has 0 aromatic heterocycles. The number of nitro benzene ring substituents is 1. The first-order valence-corrected chi connectivity index (χ1v) is 11.4. The van der Waals surface area contributed by atoms with Crippen molar-refractivity contribution in [1.82, 2.24) is 10.2 Å². The van der Waals surface area contributed by atoms with E-state index in [0.29, 0.717) is 37.8 Å². The van der Waals surface area contributed by atoms with E-state index in [9.17, 15) is 19.3 Å². The van der Waals surface area contributed by atoms with Gasteiger partial charge < -0.3 is 15.0 Å². The van der Waals surface area contributed by atoms with Crippen LogP contribution >= 0.6 is 0 Å². The van der Waals surface area contributed by atoms with Crippen LogP contribution in [0.2, 0.25) is 0 Å². The Morgan fingerprint density at radius 1 is 1.15 bits per heavy atom. The fourth-order valence-electron chi connectivity index (χ4n) is 4.50. The SMILES string of the molecule is O=C(NCCN1CCC(CCOc2ccc(F)cc2)CC1)N1CCc2cc([N+](=O)[O-])ccc21. The minimum atomic E-state index is -0.412. The molecule has 176 valence electrons. The molecule has 4 rings (SSSR count). The number of nitro groups is 1. The van der Waals surface area contributed by atoms with Crippen LogP contribution in [0.5, 0.6) is 5.75 Å². The summed E-state index contributed by atoms with van der Waals surface area (Å²) in [4.78, 5) is 27.1. The number of fused-ring (bicyclic) bond motifs is 1. The first kappa shape index (κ1) is 23.0. The average molecular weight is 457 g/mol. The summed E-state index contributed by atoms with van der Waals surface area (Å²) in [6, 6.07) is 10.6. The molecule has 9 heteroatoms. The lowest BCUT2D eigenvalue weighted by molar-refractivity contribution is -0.384. The van der Waals surface area contributed by atoms with Crippen LogP contribution < -0.4 is 15.0 Å². The van der Waals surface area contributed by atoms with Gasteiger partial charge in [-0.1, -0.05) is 0 Å². The highest BCUT2D eigenvalue weighted by atomic mass is 19.1. The van der Waals surface area contributed by atoms with E-state index < -0.39 is 4.92 Å². The van der Waals surface area contributed by atoms with Crippen molar-refractivity contribution < 1.29 is 18.8 Å². The molecule has 1 N–H and O–H groups in total. The van der Waals surface area contributed by atoms with Crippen molar-refractivity contribution >= 4 is 17.4 Å². The fraction of sp³-hybridized carbons (Fsp3) is 0.458. The molecule has 8 nitrogen and oxygen atoms in total. The number of non-ortho nitro benzene ring substituents is 1. The van der Waals surface area contributed by atoms with Gasteiger partial charge >= 0.3 is 6.03 Å². The Morgan fingerprint density at radius 2 is 1.91 bits per heavy atom. The number of benzene rings is 2. The summed E-state index contributed by atoms with van der Waals surface area (Å²) in [5.74, 6) is 1.05. The average Bonchev–Trinajstić information content (AvgIpc) is 3.25. The van der Waals surface area contributed by atoms with Gasteiger partial charge in [0.25, 0.3) is 5.69 Å². The summed E-state index contributed by atoms with van der Waals surface area (Å²) < 4.78 is 18.6. The zero-order valence-electron chi connectivity index (χ0n) is 18.5. The Hall–Kier alpha value is -3.20. The number of likely N-dealkylation sites (tertiary alicyclic amines) is 1. The number of nitrogens with one attached hydrogen (secondary N) is 1. The molecule has 2 aromatic carbocycles. The molecule has 0 aliphatic carbocycles. The normalized spacial score (nSPS) is 16.5. The third kappa shape index (κ3) is 5.98. The lowest BCUT2D eigenvalue weighted by Gasteiger charge is -2.32. The quantitative estimate of drug-likeness (QED) is 0.479. The van der Waals surface area contributed by atoms with Crippen LogP contribution in [0.1, 0.15) is 24.8 Å². The molecule has 0 unspecified atom stereocenters. The third-order valence-corrected chi connectivity index (χ3v) is 6.43. The maximum Gasteiger partial charge on any atom is 0.321 e. The number of ether oxygens (including phenoxy) is 1. The molecule has 2 aliphatic heterocycles. The fourth-order valence-corrected chi connectivity index (χ4v) is 4.50. The number of piperidine rings is 1. The monoisotopic (exact) mass is 456 g/mol. The van der Waals surface area contributed by atoms with Crippen LogP contribution in [-0.4, -0.2) is 55.2 Å². The molecule has 2 amide bonds. The lowest BCUT2D eigenvalue weighted by atomic mass is 9.94. The minimum absolute atomic E-state index is 0.0569. The highest BCUT2D eigenvalue weighted by molar-refractivity contribution is 5.94. The van der Waals surface area contributed by atoms with Crippen molar-refractivity contribution in [2.75, 3.05) is 44.2 Å². The Balaban J connectivity index is 1.13. The molecule has 0 saturated carbocycles. The smallest absolute Gasteiger partial charge is 0.321 e. The van der Waals surface area contributed by atoms with Gasteiger partial charge in [0.1, 0.15) is 11.6 Å². The second-order valence-electron chi connectivity index (χ2n) is 8.58. The predicted octanol–water partition coefficient (Wildman–Crippen LogP) is 3.99. The number of nitrogens with zero attached hydrogens (tertiary/aromatic N) is 3. The molecule has 2 heterocycles. The number of halogens is 1. The molecule has 2 aromatic rings. The first-order chi connectivity index (χ1) is 16.0. The van der Waals surface area contributed by atoms with Gasteiger partial charge in [-0.05, 0) is 80.6 Å². The summed E-state index contributed by atoms with van der Waals surface area (Å²) in [5, 5.41) is 13.9.